The minimum Gasteiger partial charge on any atom is -0.322 e. The van der Waals surface area contributed by atoms with Gasteiger partial charge in [0.05, 0.1) is 0 Å². The van der Waals surface area contributed by atoms with E-state index in [2.05, 4.69) is 41.4 Å². The maximum Gasteiger partial charge on any atom is 0.321 e. The molecule has 1 heterocycles. The van der Waals surface area contributed by atoms with Gasteiger partial charge in [-0.25, -0.2) is 4.79 Å². The smallest absolute Gasteiger partial charge is 0.321 e. The number of carbonyl (C=O) groups is 1. The molecule has 0 saturated carbocycles. The first kappa shape index (κ1) is 16.5. The Bertz CT molecular complexity index is 706. The summed E-state index contributed by atoms with van der Waals surface area (Å²) in [7, 11) is 0. The van der Waals surface area contributed by atoms with Crippen molar-refractivity contribution in [2.45, 2.75) is 20.4 Å². The normalized spacial score (nSPS) is 15.3. The lowest BCUT2D eigenvalue weighted by molar-refractivity contribution is 0.143. The van der Waals surface area contributed by atoms with Crippen LogP contribution in [0.2, 0.25) is 0 Å². The van der Waals surface area contributed by atoms with Crippen molar-refractivity contribution in [3.8, 4) is 0 Å². The third-order valence-electron chi connectivity index (χ3n) is 4.58. The third-order valence-corrected chi connectivity index (χ3v) is 4.58. The topological polar surface area (TPSA) is 35.6 Å². The van der Waals surface area contributed by atoms with Crippen molar-refractivity contribution in [1.82, 2.24) is 9.80 Å². The van der Waals surface area contributed by atoms with Crippen molar-refractivity contribution in [2.75, 3.05) is 31.5 Å². The highest BCUT2D eigenvalue weighted by Crippen LogP contribution is 2.14. The summed E-state index contributed by atoms with van der Waals surface area (Å²) < 4.78 is 0. The van der Waals surface area contributed by atoms with Gasteiger partial charge in [-0.3, -0.25) is 4.90 Å². The molecule has 1 aliphatic heterocycles. The first-order valence-electron chi connectivity index (χ1n) is 8.51. The molecular formula is C20H25N3O. The van der Waals surface area contributed by atoms with Crippen LogP contribution in [0.3, 0.4) is 0 Å². The minimum atomic E-state index is -0.00357. The molecule has 0 unspecified atom stereocenters. The largest absolute Gasteiger partial charge is 0.322 e. The first-order valence-corrected chi connectivity index (χ1v) is 8.51. The van der Waals surface area contributed by atoms with Gasteiger partial charge in [0.2, 0.25) is 0 Å². The molecule has 1 fully saturated rings. The van der Waals surface area contributed by atoms with E-state index in [1.165, 1.54) is 11.1 Å². The Balaban J connectivity index is 1.51. The number of aryl methyl sites for hydroxylation is 2. The summed E-state index contributed by atoms with van der Waals surface area (Å²) in [5.41, 5.74) is 4.71. The van der Waals surface area contributed by atoms with Gasteiger partial charge in [-0.05, 0) is 42.7 Å². The van der Waals surface area contributed by atoms with Gasteiger partial charge in [-0.15, -0.1) is 0 Å². The van der Waals surface area contributed by atoms with Gasteiger partial charge in [0, 0.05) is 38.4 Å². The van der Waals surface area contributed by atoms with E-state index in [1.54, 1.807) is 0 Å². The second kappa shape index (κ2) is 7.49. The van der Waals surface area contributed by atoms with E-state index in [0.717, 1.165) is 44.0 Å². The van der Waals surface area contributed by atoms with E-state index in [-0.39, 0.29) is 6.03 Å². The second-order valence-corrected chi connectivity index (χ2v) is 6.49. The van der Waals surface area contributed by atoms with Crippen molar-refractivity contribution < 1.29 is 4.79 Å². The standard InChI is InChI=1S/C20H25N3O/c1-16-6-5-9-19(14-16)21-20(24)23-12-10-22(11-13-23)15-18-8-4-3-7-17(18)2/h3-9,14H,10-13,15H2,1-2H3,(H,21,24). The van der Waals surface area contributed by atoms with E-state index in [0.29, 0.717) is 0 Å². The number of piperazine rings is 1. The van der Waals surface area contributed by atoms with Gasteiger partial charge < -0.3 is 10.2 Å². The fourth-order valence-electron chi connectivity index (χ4n) is 3.06. The van der Waals surface area contributed by atoms with Gasteiger partial charge in [-0.2, -0.15) is 0 Å². The average Bonchev–Trinajstić information content (AvgIpc) is 2.57. The Morgan fingerprint density at radius 2 is 1.75 bits per heavy atom. The molecule has 1 saturated heterocycles. The Hall–Kier alpha value is -2.33. The molecule has 2 aromatic rings. The SMILES string of the molecule is Cc1cccc(NC(=O)N2CCN(Cc3ccccc3C)CC2)c1. The second-order valence-electron chi connectivity index (χ2n) is 6.49. The molecule has 4 heteroatoms. The Labute approximate surface area is 144 Å². The van der Waals surface area contributed by atoms with Gasteiger partial charge >= 0.3 is 6.03 Å². The summed E-state index contributed by atoms with van der Waals surface area (Å²) >= 11 is 0. The molecule has 0 atom stereocenters. The van der Waals surface area contributed by atoms with Crippen LogP contribution in [0, 0.1) is 13.8 Å². The highest BCUT2D eigenvalue weighted by molar-refractivity contribution is 5.89. The molecular weight excluding hydrogens is 298 g/mol. The maximum atomic E-state index is 12.4. The third kappa shape index (κ3) is 4.15. The van der Waals surface area contributed by atoms with Crippen LogP contribution in [0.25, 0.3) is 0 Å². The molecule has 1 aliphatic rings. The molecule has 0 spiro atoms. The van der Waals surface area contributed by atoms with E-state index in [4.69, 9.17) is 0 Å². The average molecular weight is 323 g/mol. The first-order chi connectivity index (χ1) is 11.6. The van der Waals surface area contributed by atoms with Crippen molar-refractivity contribution >= 4 is 11.7 Å². The van der Waals surface area contributed by atoms with Gasteiger partial charge in [-0.1, -0.05) is 36.4 Å². The maximum absolute atomic E-state index is 12.4. The molecule has 2 amide bonds. The molecule has 0 radical (unpaired) electrons. The number of hydrogen-bond donors (Lipinski definition) is 1. The van der Waals surface area contributed by atoms with Crippen LogP contribution in [0.15, 0.2) is 48.5 Å². The predicted octanol–water partition coefficient (Wildman–Crippen LogP) is 3.65. The van der Waals surface area contributed by atoms with E-state index in [9.17, 15) is 4.79 Å². The summed E-state index contributed by atoms with van der Waals surface area (Å²) in [5, 5.41) is 2.99. The Morgan fingerprint density at radius 3 is 2.46 bits per heavy atom. The van der Waals surface area contributed by atoms with Crippen molar-refractivity contribution in [2.24, 2.45) is 0 Å². The lowest BCUT2D eigenvalue weighted by atomic mass is 10.1. The van der Waals surface area contributed by atoms with Crippen LogP contribution in [0.4, 0.5) is 10.5 Å². The number of anilines is 1. The van der Waals surface area contributed by atoms with Crippen LogP contribution in [0.1, 0.15) is 16.7 Å². The fourth-order valence-corrected chi connectivity index (χ4v) is 3.06. The molecule has 2 aromatic carbocycles. The molecule has 0 aromatic heterocycles. The lowest BCUT2D eigenvalue weighted by Gasteiger charge is -2.35. The van der Waals surface area contributed by atoms with Crippen molar-refractivity contribution in [3.05, 3.63) is 65.2 Å². The van der Waals surface area contributed by atoms with Crippen LogP contribution < -0.4 is 5.32 Å². The van der Waals surface area contributed by atoms with Crippen LogP contribution in [0.5, 0.6) is 0 Å². The quantitative estimate of drug-likeness (QED) is 0.936. The van der Waals surface area contributed by atoms with Gasteiger partial charge in [0.25, 0.3) is 0 Å². The zero-order valence-electron chi connectivity index (χ0n) is 14.5. The van der Waals surface area contributed by atoms with Gasteiger partial charge in [0.1, 0.15) is 0 Å². The van der Waals surface area contributed by atoms with Crippen molar-refractivity contribution in [1.29, 1.82) is 0 Å². The number of carbonyl (C=O) groups excluding carboxylic acids is 1. The van der Waals surface area contributed by atoms with Crippen LogP contribution in [-0.2, 0) is 6.54 Å². The summed E-state index contributed by atoms with van der Waals surface area (Å²) in [6.07, 6.45) is 0. The molecule has 0 aliphatic carbocycles. The van der Waals surface area contributed by atoms with E-state index in [1.807, 2.05) is 36.1 Å². The summed E-state index contributed by atoms with van der Waals surface area (Å²) in [5.74, 6) is 0. The van der Waals surface area contributed by atoms with Crippen LogP contribution >= 0.6 is 0 Å². The zero-order valence-corrected chi connectivity index (χ0v) is 14.5. The predicted molar refractivity (Wildman–Crippen MR) is 98.2 cm³/mol. The number of urea groups is 1. The molecule has 126 valence electrons. The number of rotatable bonds is 3. The minimum absolute atomic E-state index is 0.00357. The molecule has 4 nitrogen and oxygen atoms in total. The number of benzene rings is 2. The Morgan fingerprint density at radius 1 is 1.00 bits per heavy atom. The number of nitrogens with one attached hydrogen (secondary N) is 1. The Kier molecular flexibility index (Phi) is 5.16. The molecule has 1 N–H and O–H groups in total. The van der Waals surface area contributed by atoms with E-state index < -0.39 is 0 Å². The summed E-state index contributed by atoms with van der Waals surface area (Å²) in [6, 6.07) is 16.4. The number of amides is 2. The number of nitrogens with zero attached hydrogens (tertiary/aromatic N) is 2. The highest BCUT2D eigenvalue weighted by Gasteiger charge is 2.21. The monoisotopic (exact) mass is 323 g/mol. The fraction of sp³-hybridized carbons (Fsp3) is 0.350. The highest BCUT2D eigenvalue weighted by atomic mass is 16.2. The zero-order chi connectivity index (χ0) is 16.9. The summed E-state index contributed by atoms with van der Waals surface area (Å²) in [6.45, 7) is 8.50. The summed E-state index contributed by atoms with van der Waals surface area (Å²) in [4.78, 5) is 16.7. The lowest BCUT2D eigenvalue weighted by Crippen LogP contribution is -2.49. The molecule has 3 rings (SSSR count). The number of hydrogen-bond acceptors (Lipinski definition) is 2. The van der Waals surface area contributed by atoms with Gasteiger partial charge in [0.15, 0.2) is 0 Å². The molecule has 0 bridgehead atoms. The van der Waals surface area contributed by atoms with Crippen molar-refractivity contribution in [3.63, 3.8) is 0 Å². The van der Waals surface area contributed by atoms with E-state index >= 15 is 0 Å². The molecule has 24 heavy (non-hydrogen) atoms. The van der Waals surface area contributed by atoms with Crippen LogP contribution in [-0.4, -0.2) is 42.0 Å².